The summed E-state index contributed by atoms with van der Waals surface area (Å²) in [4.78, 5) is 15.1. The van der Waals surface area contributed by atoms with Crippen molar-refractivity contribution in [3.05, 3.63) is 41.7 Å². The molecule has 1 aromatic carbocycles. The van der Waals surface area contributed by atoms with E-state index in [2.05, 4.69) is 29.5 Å². The molecule has 1 aliphatic rings. The van der Waals surface area contributed by atoms with Gasteiger partial charge in [-0.2, -0.15) is 0 Å². The molecule has 0 radical (unpaired) electrons. The molecule has 8 nitrogen and oxygen atoms in total. The molecule has 9 heteroatoms. The highest BCUT2D eigenvalue weighted by Gasteiger charge is 2.32. The Bertz CT molecular complexity index is 776. The molecule has 0 aliphatic carbocycles. The summed E-state index contributed by atoms with van der Waals surface area (Å²) in [6.07, 6.45) is 3.26. The molecule has 1 saturated heterocycles. The Morgan fingerprint density at radius 3 is 2.55 bits per heavy atom. The van der Waals surface area contributed by atoms with Crippen LogP contribution in [0.25, 0.3) is 0 Å². The van der Waals surface area contributed by atoms with Crippen molar-refractivity contribution in [2.24, 2.45) is 11.7 Å². The zero-order valence-corrected chi connectivity index (χ0v) is 17.7. The van der Waals surface area contributed by atoms with Crippen molar-refractivity contribution in [2.45, 2.75) is 38.8 Å². The van der Waals surface area contributed by atoms with Crippen LogP contribution in [0.15, 0.2) is 30.5 Å². The number of nitrogens with zero attached hydrogens (tertiary/aromatic N) is 4. The van der Waals surface area contributed by atoms with Crippen LogP contribution in [-0.2, 0) is 11.2 Å². The van der Waals surface area contributed by atoms with Gasteiger partial charge in [0.05, 0.1) is 17.9 Å². The number of piperazine rings is 1. The van der Waals surface area contributed by atoms with Crippen molar-refractivity contribution < 1.29 is 22.3 Å². The molecule has 1 aromatic heterocycles. The molecule has 160 valence electrons. The second-order valence-electron chi connectivity index (χ2n) is 7.51. The van der Waals surface area contributed by atoms with Gasteiger partial charge in [0.15, 0.2) is 0 Å². The molecule has 2 heterocycles. The average Bonchev–Trinajstić information content (AvgIpc) is 3.20. The fourth-order valence-corrected chi connectivity index (χ4v) is 3.50. The van der Waals surface area contributed by atoms with Gasteiger partial charge in [-0.25, -0.2) is 4.68 Å². The van der Waals surface area contributed by atoms with Crippen LogP contribution in [0.5, 0.6) is 5.75 Å². The molecule has 4 N–H and O–H groups in total. The lowest BCUT2D eigenvalue weighted by atomic mass is 9.97. The highest BCUT2D eigenvalue weighted by atomic mass is 35.5. The van der Waals surface area contributed by atoms with Gasteiger partial charge in [-0.1, -0.05) is 37.6 Å². The second kappa shape index (κ2) is 10.6. The van der Waals surface area contributed by atoms with Gasteiger partial charge in [-0.3, -0.25) is 4.79 Å². The van der Waals surface area contributed by atoms with E-state index in [4.69, 9.17) is 5.73 Å². The zero-order chi connectivity index (χ0) is 20.1. The van der Waals surface area contributed by atoms with E-state index in [1.54, 1.807) is 16.8 Å². The monoisotopic (exact) mass is 421 g/mol. The molecule has 0 spiro atoms. The molecule has 2 aromatic rings. The Labute approximate surface area is 177 Å². The summed E-state index contributed by atoms with van der Waals surface area (Å²) in [5.74, 6) is 0.468. The summed E-state index contributed by atoms with van der Waals surface area (Å²) in [5.41, 5.74) is 8.00. The van der Waals surface area contributed by atoms with Crippen molar-refractivity contribution in [1.82, 2.24) is 25.2 Å². The topological polar surface area (TPSA) is 109 Å². The number of amides is 1. The van der Waals surface area contributed by atoms with Gasteiger partial charge in [0.2, 0.25) is 5.91 Å². The number of benzene rings is 1. The van der Waals surface area contributed by atoms with Gasteiger partial charge in [0, 0.05) is 26.2 Å². The highest BCUT2D eigenvalue weighted by Crippen LogP contribution is 2.25. The minimum Gasteiger partial charge on any atom is -1.00 e. The number of aromatic nitrogens is 3. The maximum Gasteiger partial charge on any atom is 0.247 e. The first-order chi connectivity index (χ1) is 13.5. The first kappa shape index (κ1) is 23.1. The van der Waals surface area contributed by atoms with Crippen LogP contribution in [0.4, 0.5) is 0 Å². The summed E-state index contributed by atoms with van der Waals surface area (Å²) in [6.45, 7) is 7.22. The number of halogens is 1. The predicted molar refractivity (Wildman–Crippen MR) is 107 cm³/mol. The minimum atomic E-state index is -0.370. The summed E-state index contributed by atoms with van der Waals surface area (Å²) < 4.78 is 1.69. The minimum absolute atomic E-state index is 0. The fraction of sp³-hybridized carbons (Fsp3) is 0.550. The Hall–Kier alpha value is -2.16. The van der Waals surface area contributed by atoms with Gasteiger partial charge in [0.25, 0.3) is 0 Å². The number of aromatic hydroxyl groups is 1. The number of carbonyl (C=O) groups excluding carboxylic acids is 1. The Morgan fingerprint density at radius 1 is 1.28 bits per heavy atom. The standard InChI is InChI=1S/C20H30N6O2.ClH/c1-3-14(2)19(20(28)25-10-8-22-9-11-25)26-13-18(23-24-26)17(21)12-15-4-6-16(27)7-5-15;/h4-7,13-14,17,19,22,27H,3,8-12,21H2,1-2H3;1H/p-1/t14-,17-,19-;/m0./s1. The van der Waals surface area contributed by atoms with E-state index in [1.807, 2.05) is 23.2 Å². The van der Waals surface area contributed by atoms with Crippen LogP contribution in [0.3, 0.4) is 0 Å². The number of nitrogens with two attached hydrogens (primary N) is 1. The lowest BCUT2D eigenvalue weighted by Crippen LogP contribution is -3.00. The third-order valence-corrected chi connectivity index (χ3v) is 5.45. The molecule has 1 fully saturated rings. The molecule has 1 amide bonds. The fourth-order valence-electron chi connectivity index (χ4n) is 3.50. The largest absolute Gasteiger partial charge is 1.00 e. The number of rotatable bonds is 7. The predicted octanol–water partition coefficient (Wildman–Crippen LogP) is -1.75. The maximum absolute atomic E-state index is 13.2. The molecular weight excluding hydrogens is 392 g/mol. The first-order valence-corrected chi connectivity index (χ1v) is 9.94. The van der Waals surface area contributed by atoms with Crippen molar-refractivity contribution >= 4 is 5.91 Å². The molecule has 3 atom stereocenters. The number of carbonyl (C=O) groups is 1. The molecular formula is C20H30ClN6O2-. The zero-order valence-electron chi connectivity index (χ0n) is 17.0. The SMILES string of the molecule is CC[C@H](C)[C@@H](C(=O)N1CCNCC1)n1cc([C@@H](N)Cc2ccc(O)cc2)nn1.[Cl-]. The summed E-state index contributed by atoms with van der Waals surface area (Å²) >= 11 is 0. The Kier molecular flexibility index (Phi) is 8.43. The summed E-state index contributed by atoms with van der Waals surface area (Å²) in [7, 11) is 0. The van der Waals surface area contributed by atoms with E-state index in [1.165, 1.54) is 0 Å². The van der Waals surface area contributed by atoms with Gasteiger partial charge >= 0.3 is 0 Å². The molecule has 0 unspecified atom stereocenters. The van der Waals surface area contributed by atoms with Crippen molar-refractivity contribution in [2.75, 3.05) is 26.2 Å². The number of phenols is 1. The molecule has 1 aliphatic heterocycles. The third-order valence-electron chi connectivity index (χ3n) is 5.45. The lowest BCUT2D eigenvalue weighted by Gasteiger charge is -2.32. The second-order valence-corrected chi connectivity index (χ2v) is 7.51. The van der Waals surface area contributed by atoms with Crippen LogP contribution in [-0.4, -0.2) is 57.1 Å². The van der Waals surface area contributed by atoms with Gasteiger partial charge < -0.3 is 33.5 Å². The van der Waals surface area contributed by atoms with Crippen molar-refractivity contribution in [3.8, 4) is 5.75 Å². The van der Waals surface area contributed by atoms with E-state index < -0.39 is 0 Å². The van der Waals surface area contributed by atoms with E-state index in [9.17, 15) is 9.90 Å². The van der Waals surface area contributed by atoms with E-state index >= 15 is 0 Å². The first-order valence-electron chi connectivity index (χ1n) is 9.94. The molecule has 29 heavy (non-hydrogen) atoms. The van der Waals surface area contributed by atoms with Crippen molar-refractivity contribution in [1.29, 1.82) is 0 Å². The van der Waals surface area contributed by atoms with Gasteiger partial charge in [-0.05, 0) is 30.0 Å². The normalized spacial score (nSPS) is 17.3. The number of hydrogen-bond acceptors (Lipinski definition) is 6. The summed E-state index contributed by atoms with van der Waals surface area (Å²) in [5, 5.41) is 21.2. The Morgan fingerprint density at radius 2 is 1.93 bits per heavy atom. The van der Waals surface area contributed by atoms with Crippen LogP contribution in [0.2, 0.25) is 0 Å². The van der Waals surface area contributed by atoms with Crippen LogP contribution < -0.4 is 23.5 Å². The quantitative estimate of drug-likeness (QED) is 0.489. The van der Waals surface area contributed by atoms with E-state index in [0.717, 1.165) is 25.1 Å². The van der Waals surface area contributed by atoms with E-state index in [0.29, 0.717) is 25.2 Å². The van der Waals surface area contributed by atoms with Crippen LogP contribution in [0.1, 0.15) is 43.6 Å². The third kappa shape index (κ3) is 5.68. The van der Waals surface area contributed by atoms with Crippen molar-refractivity contribution in [3.63, 3.8) is 0 Å². The maximum atomic E-state index is 13.2. The number of hydrogen-bond donors (Lipinski definition) is 3. The smallest absolute Gasteiger partial charge is 0.247 e. The average molecular weight is 422 g/mol. The summed E-state index contributed by atoms with van der Waals surface area (Å²) in [6, 6.07) is 6.27. The van der Waals surface area contributed by atoms with Gasteiger partial charge in [0.1, 0.15) is 11.8 Å². The van der Waals surface area contributed by atoms with Gasteiger partial charge in [-0.15, -0.1) is 5.10 Å². The van der Waals surface area contributed by atoms with Crippen LogP contribution in [0, 0.1) is 5.92 Å². The molecule has 0 bridgehead atoms. The Balaban J connectivity index is 0.00000300. The van der Waals surface area contributed by atoms with E-state index in [-0.39, 0.29) is 42.1 Å². The number of nitrogens with one attached hydrogen (secondary N) is 1. The number of phenolic OH excluding ortho intramolecular Hbond substituents is 1. The lowest BCUT2D eigenvalue weighted by molar-refractivity contribution is -0.137. The highest BCUT2D eigenvalue weighted by molar-refractivity contribution is 5.80. The molecule has 3 rings (SSSR count). The van der Waals surface area contributed by atoms with Crippen LogP contribution >= 0.6 is 0 Å². The molecule has 0 saturated carbocycles.